The molecule has 1 aromatic carbocycles. The van der Waals surface area contributed by atoms with Crippen LogP contribution in [-0.2, 0) is 0 Å². The van der Waals surface area contributed by atoms with E-state index in [9.17, 15) is 0 Å². The predicted molar refractivity (Wildman–Crippen MR) is 56.7 cm³/mol. The molecule has 0 saturated heterocycles. The Morgan fingerprint density at radius 1 is 1.15 bits per heavy atom. The Labute approximate surface area is 80.3 Å². The van der Waals surface area contributed by atoms with Gasteiger partial charge in [-0.15, -0.1) is 0 Å². The number of hydrogen-bond donors (Lipinski definition) is 0. The van der Waals surface area contributed by atoms with E-state index < -0.39 is 0 Å². The van der Waals surface area contributed by atoms with Crippen molar-refractivity contribution in [2.45, 2.75) is 25.7 Å². The minimum atomic E-state index is 0.716. The van der Waals surface area contributed by atoms with Crippen LogP contribution >= 0.6 is 0 Å². The Hall–Kier alpha value is -1.04. The third kappa shape index (κ3) is 1.67. The molecule has 0 amide bonds. The van der Waals surface area contributed by atoms with E-state index in [1.165, 1.54) is 24.0 Å². The van der Waals surface area contributed by atoms with Crippen LogP contribution in [0.3, 0.4) is 0 Å². The summed E-state index contributed by atoms with van der Waals surface area (Å²) >= 11 is 0. The molecule has 2 atom stereocenters. The van der Waals surface area contributed by atoms with Gasteiger partial charge in [0, 0.05) is 0 Å². The van der Waals surface area contributed by atoms with Gasteiger partial charge in [-0.2, -0.15) is 0 Å². The molecule has 0 radical (unpaired) electrons. The van der Waals surface area contributed by atoms with Crippen LogP contribution in [0.2, 0.25) is 0 Å². The lowest BCUT2D eigenvalue weighted by Gasteiger charge is -2.14. The zero-order chi connectivity index (χ0) is 9.26. The average molecular weight is 172 g/mol. The van der Waals surface area contributed by atoms with E-state index >= 15 is 0 Å². The van der Waals surface area contributed by atoms with Gasteiger partial charge in [0.1, 0.15) is 0 Å². The van der Waals surface area contributed by atoms with Crippen LogP contribution in [0.5, 0.6) is 0 Å². The maximum Gasteiger partial charge on any atom is -0.00961 e. The molecule has 13 heavy (non-hydrogen) atoms. The molecular formula is C13H16. The first kappa shape index (κ1) is 8.55. The first-order chi connectivity index (χ1) is 6.27. The second-order valence-electron chi connectivity index (χ2n) is 4.15. The number of benzene rings is 1. The zero-order valence-electron chi connectivity index (χ0n) is 8.16. The Kier molecular flexibility index (Phi) is 2.22. The van der Waals surface area contributed by atoms with E-state index in [0.717, 1.165) is 5.92 Å². The van der Waals surface area contributed by atoms with E-state index in [-0.39, 0.29) is 0 Å². The van der Waals surface area contributed by atoms with Crippen LogP contribution in [0.25, 0.3) is 0 Å². The van der Waals surface area contributed by atoms with Crippen molar-refractivity contribution in [1.29, 1.82) is 0 Å². The fourth-order valence-electron chi connectivity index (χ4n) is 2.34. The maximum atomic E-state index is 4.08. The average Bonchev–Trinajstić information content (AvgIpc) is 2.47. The highest BCUT2D eigenvalue weighted by atomic mass is 14.3. The first-order valence-electron chi connectivity index (χ1n) is 4.99. The summed E-state index contributed by atoms with van der Waals surface area (Å²) in [6, 6.07) is 10.8. The Morgan fingerprint density at radius 3 is 2.38 bits per heavy atom. The quantitative estimate of drug-likeness (QED) is 0.566. The van der Waals surface area contributed by atoms with Gasteiger partial charge in [0.25, 0.3) is 0 Å². The van der Waals surface area contributed by atoms with Gasteiger partial charge in [0.15, 0.2) is 0 Å². The van der Waals surface area contributed by atoms with Crippen molar-refractivity contribution in [3.63, 3.8) is 0 Å². The van der Waals surface area contributed by atoms with E-state index in [4.69, 9.17) is 0 Å². The Bertz CT molecular complexity index is 297. The van der Waals surface area contributed by atoms with Crippen LogP contribution in [0.15, 0.2) is 42.5 Å². The fourth-order valence-corrected chi connectivity index (χ4v) is 2.34. The number of rotatable bonds is 1. The summed E-state index contributed by atoms with van der Waals surface area (Å²) in [7, 11) is 0. The van der Waals surface area contributed by atoms with Crippen LogP contribution in [0.4, 0.5) is 0 Å². The minimum absolute atomic E-state index is 0.716. The molecule has 1 saturated carbocycles. The molecule has 1 aliphatic rings. The van der Waals surface area contributed by atoms with Gasteiger partial charge in [-0.25, -0.2) is 0 Å². The summed E-state index contributed by atoms with van der Waals surface area (Å²) in [6.45, 7) is 6.41. The topological polar surface area (TPSA) is 0 Å². The molecule has 1 aliphatic carbocycles. The summed E-state index contributed by atoms with van der Waals surface area (Å²) in [5.74, 6) is 1.49. The monoisotopic (exact) mass is 172 g/mol. The van der Waals surface area contributed by atoms with Gasteiger partial charge in [-0.05, 0) is 30.2 Å². The van der Waals surface area contributed by atoms with Crippen molar-refractivity contribution in [2.75, 3.05) is 0 Å². The van der Waals surface area contributed by atoms with Crippen molar-refractivity contribution < 1.29 is 0 Å². The highest BCUT2D eigenvalue weighted by Gasteiger charge is 2.26. The highest BCUT2D eigenvalue weighted by molar-refractivity contribution is 5.25. The Morgan fingerprint density at radius 2 is 1.85 bits per heavy atom. The van der Waals surface area contributed by atoms with E-state index in [1.54, 1.807) is 0 Å². The zero-order valence-corrected chi connectivity index (χ0v) is 8.16. The van der Waals surface area contributed by atoms with Gasteiger partial charge in [0.2, 0.25) is 0 Å². The van der Waals surface area contributed by atoms with Gasteiger partial charge in [-0.3, -0.25) is 0 Å². The maximum absolute atomic E-state index is 4.08. The minimum Gasteiger partial charge on any atom is -0.0998 e. The lowest BCUT2D eigenvalue weighted by atomic mass is 9.90. The van der Waals surface area contributed by atoms with Gasteiger partial charge >= 0.3 is 0 Å². The molecule has 0 aromatic heterocycles. The molecule has 2 rings (SSSR count). The van der Waals surface area contributed by atoms with Crippen LogP contribution in [0.1, 0.15) is 31.2 Å². The van der Waals surface area contributed by atoms with Gasteiger partial charge in [-0.1, -0.05) is 49.4 Å². The molecule has 0 N–H and O–H groups in total. The van der Waals surface area contributed by atoms with E-state index in [2.05, 4.69) is 43.8 Å². The Balaban J connectivity index is 2.23. The number of allylic oxidation sites excluding steroid dienone is 1. The lowest BCUT2D eigenvalue weighted by Crippen LogP contribution is -2.00. The fraction of sp³-hybridized carbons (Fsp3) is 0.385. The van der Waals surface area contributed by atoms with Crippen LogP contribution in [-0.4, -0.2) is 0 Å². The third-order valence-corrected chi connectivity index (χ3v) is 3.03. The molecular weight excluding hydrogens is 156 g/mol. The SMILES string of the molecule is C=C1C[C@@H](C)[C@H](c2ccccc2)C1. The van der Waals surface area contributed by atoms with Crippen molar-refractivity contribution in [1.82, 2.24) is 0 Å². The molecule has 0 heteroatoms. The van der Waals surface area contributed by atoms with E-state index in [1.807, 2.05) is 0 Å². The molecule has 0 nitrogen and oxygen atoms in total. The number of hydrogen-bond acceptors (Lipinski definition) is 0. The van der Waals surface area contributed by atoms with Gasteiger partial charge in [0.05, 0.1) is 0 Å². The van der Waals surface area contributed by atoms with Crippen LogP contribution < -0.4 is 0 Å². The molecule has 0 spiro atoms. The molecule has 0 bridgehead atoms. The van der Waals surface area contributed by atoms with Gasteiger partial charge < -0.3 is 0 Å². The standard InChI is InChI=1S/C13H16/c1-10-8-11(2)13(9-10)12-6-4-3-5-7-12/h3-7,11,13H,1,8-9H2,2H3/t11-,13-/m1/s1. The third-order valence-electron chi connectivity index (χ3n) is 3.03. The molecule has 68 valence electrons. The summed E-state index contributed by atoms with van der Waals surface area (Å²) in [4.78, 5) is 0. The van der Waals surface area contributed by atoms with Crippen LogP contribution in [0, 0.1) is 5.92 Å². The molecule has 1 fully saturated rings. The summed E-state index contributed by atoms with van der Waals surface area (Å²) in [5.41, 5.74) is 2.90. The second-order valence-corrected chi connectivity index (χ2v) is 4.15. The van der Waals surface area contributed by atoms with Crippen molar-refractivity contribution in [3.8, 4) is 0 Å². The second kappa shape index (κ2) is 3.37. The largest absolute Gasteiger partial charge is 0.0998 e. The van der Waals surface area contributed by atoms with Crippen molar-refractivity contribution >= 4 is 0 Å². The summed E-state index contributed by atoms with van der Waals surface area (Å²) in [5, 5.41) is 0. The summed E-state index contributed by atoms with van der Waals surface area (Å²) in [6.07, 6.45) is 2.39. The predicted octanol–water partition coefficient (Wildman–Crippen LogP) is 3.76. The lowest BCUT2D eigenvalue weighted by molar-refractivity contribution is 0.534. The smallest absolute Gasteiger partial charge is 0.00961 e. The summed E-state index contributed by atoms with van der Waals surface area (Å²) < 4.78 is 0. The molecule has 0 unspecified atom stereocenters. The highest BCUT2D eigenvalue weighted by Crippen LogP contribution is 2.41. The molecule has 1 aromatic rings. The molecule has 0 aliphatic heterocycles. The van der Waals surface area contributed by atoms with Crippen molar-refractivity contribution in [3.05, 3.63) is 48.0 Å². The normalized spacial score (nSPS) is 27.9. The van der Waals surface area contributed by atoms with E-state index in [0.29, 0.717) is 5.92 Å². The first-order valence-corrected chi connectivity index (χ1v) is 4.99. The van der Waals surface area contributed by atoms with Crippen molar-refractivity contribution in [2.24, 2.45) is 5.92 Å². The molecule has 0 heterocycles.